The summed E-state index contributed by atoms with van der Waals surface area (Å²) in [5.41, 5.74) is 1.68. The van der Waals surface area contributed by atoms with E-state index in [0.717, 1.165) is 0 Å². The smallest absolute Gasteiger partial charge is 0.0862 e. The number of allylic oxidation sites excluding steroid dienone is 2. The molecular formula is C14H16O. The lowest BCUT2D eigenvalue weighted by molar-refractivity contribution is 0.0734. The fourth-order valence-electron chi connectivity index (χ4n) is 1.73. The van der Waals surface area contributed by atoms with E-state index >= 15 is 0 Å². The molecule has 2 rings (SSSR count). The van der Waals surface area contributed by atoms with Crippen molar-refractivity contribution in [2.75, 3.05) is 0 Å². The fraction of sp³-hybridized carbons (Fsp3) is 0.286. The average molecular weight is 200 g/mol. The van der Waals surface area contributed by atoms with Crippen LogP contribution in [0.15, 0.2) is 48.6 Å². The number of hydrogen-bond donors (Lipinski definition) is 1. The molecule has 0 aliphatic heterocycles. The first-order valence-corrected chi connectivity index (χ1v) is 5.28. The largest absolute Gasteiger partial charge is 0.385 e. The Kier molecular flexibility index (Phi) is 2.49. The van der Waals surface area contributed by atoms with Crippen LogP contribution in [-0.2, 0) is 0 Å². The van der Waals surface area contributed by atoms with Gasteiger partial charge in [0.1, 0.15) is 0 Å². The normalized spacial score (nSPS) is 30.1. The van der Waals surface area contributed by atoms with Gasteiger partial charge in [-0.25, -0.2) is 0 Å². The molecule has 0 amide bonds. The number of hydrogen-bond acceptors (Lipinski definition) is 1. The van der Waals surface area contributed by atoms with E-state index < -0.39 is 5.60 Å². The Morgan fingerprint density at radius 3 is 2.47 bits per heavy atom. The summed E-state index contributed by atoms with van der Waals surface area (Å²) in [5.74, 6) is 0.151. The summed E-state index contributed by atoms with van der Waals surface area (Å²) in [6.45, 7) is 3.87. The van der Waals surface area contributed by atoms with Gasteiger partial charge in [0.2, 0.25) is 0 Å². The second kappa shape index (κ2) is 3.67. The van der Waals surface area contributed by atoms with Crippen LogP contribution in [-0.4, -0.2) is 10.7 Å². The van der Waals surface area contributed by atoms with E-state index in [1.807, 2.05) is 44.2 Å². The Hall–Kier alpha value is -1.34. The van der Waals surface area contributed by atoms with Gasteiger partial charge in [-0.1, -0.05) is 55.5 Å². The quantitative estimate of drug-likeness (QED) is 0.738. The van der Waals surface area contributed by atoms with Gasteiger partial charge in [-0.05, 0) is 18.1 Å². The van der Waals surface area contributed by atoms with Crippen LogP contribution in [0.3, 0.4) is 0 Å². The molecule has 15 heavy (non-hydrogen) atoms. The van der Waals surface area contributed by atoms with Crippen molar-refractivity contribution in [1.82, 2.24) is 0 Å². The monoisotopic (exact) mass is 200 g/mol. The SMILES string of the molecule is CC1C=C(c2ccccc2)C=CC1(C)O. The maximum absolute atomic E-state index is 9.98. The molecule has 78 valence electrons. The van der Waals surface area contributed by atoms with Gasteiger partial charge in [0, 0.05) is 5.92 Å². The molecule has 0 spiro atoms. The van der Waals surface area contributed by atoms with Gasteiger partial charge in [-0.3, -0.25) is 0 Å². The van der Waals surface area contributed by atoms with Gasteiger partial charge < -0.3 is 5.11 Å². The van der Waals surface area contributed by atoms with Crippen molar-refractivity contribution >= 4 is 5.57 Å². The Balaban J connectivity index is 2.32. The van der Waals surface area contributed by atoms with E-state index in [0.29, 0.717) is 0 Å². The summed E-state index contributed by atoms with van der Waals surface area (Å²) in [6.07, 6.45) is 5.99. The Morgan fingerprint density at radius 2 is 1.87 bits per heavy atom. The minimum atomic E-state index is -0.710. The molecule has 0 fully saturated rings. The first kappa shape index (κ1) is 10.2. The van der Waals surface area contributed by atoms with Crippen LogP contribution in [0.2, 0.25) is 0 Å². The highest BCUT2D eigenvalue weighted by molar-refractivity contribution is 5.75. The molecule has 1 aliphatic carbocycles. The lowest BCUT2D eigenvalue weighted by Crippen LogP contribution is -2.30. The van der Waals surface area contributed by atoms with Crippen LogP contribution in [0.5, 0.6) is 0 Å². The topological polar surface area (TPSA) is 20.2 Å². The molecule has 1 aromatic carbocycles. The van der Waals surface area contributed by atoms with Crippen LogP contribution in [0, 0.1) is 5.92 Å². The first-order valence-electron chi connectivity index (χ1n) is 5.28. The molecular weight excluding hydrogens is 184 g/mol. The maximum atomic E-state index is 9.98. The van der Waals surface area contributed by atoms with Gasteiger partial charge >= 0.3 is 0 Å². The summed E-state index contributed by atoms with van der Waals surface area (Å²) in [6, 6.07) is 10.2. The lowest BCUT2D eigenvalue weighted by atomic mass is 9.83. The molecule has 0 radical (unpaired) electrons. The zero-order valence-corrected chi connectivity index (χ0v) is 9.14. The summed E-state index contributed by atoms with van der Waals surface area (Å²) in [7, 11) is 0. The van der Waals surface area contributed by atoms with Gasteiger partial charge in [0.05, 0.1) is 5.60 Å². The predicted molar refractivity (Wildman–Crippen MR) is 63.3 cm³/mol. The Labute approximate surface area is 90.8 Å². The van der Waals surface area contributed by atoms with Crippen molar-refractivity contribution in [1.29, 1.82) is 0 Å². The summed E-state index contributed by atoms with van der Waals surface area (Å²) >= 11 is 0. The molecule has 1 heteroatoms. The van der Waals surface area contributed by atoms with E-state index in [2.05, 4.69) is 18.2 Å². The molecule has 0 aromatic heterocycles. The van der Waals surface area contributed by atoms with Crippen molar-refractivity contribution in [3.05, 3.63) is 54.1 Å². The maximum Gasteiger partial charge on any atom is 0.0862 e. The van der Waals surface area contributed by atoms with E-state index in [-0.39, 0.29) is 5.92 Å². The van der Waals surface area contributed by atoms with Crippen LogP contribution >= 0.6 is 0 Å². The minimum absolute atomic E-state index is 0.151. The molecule has 1 nitrogen and oxygen atoms in total. The van der Waals surface area contributed by atoms with E-state index in [1.165, 1.54) is 11.1 Å². The van der Waals surface area contributed by atoms with Gasteiger partial charge in [-0.2, -0.15) is 0 Å². The Morgan fingerprint density at radius 1 is 1.20 bits per heavy atom. The highest BCUT2D eigenvalue weighted by Gasteiger charge is 2.26. The molecule has 0 saturated carbocycles. The molecule has 0 bridgehead atoms. The van der Waals surface area contributed by atoms with Crippen LogP contribution in [0.1, 0.15) is 19.4 Å². The average Bonchev–Trinajstić information content (AvgIpc) is 2.23. The molecule has 1 aromatic rings. The highest BCUT2D eigenvalue weighted by atomic mass is 16.3. The fourth-order valence-corrected chi connectivity index (χ4v) is 1.73. The lowest BCUT2D eigenvalue weighted by Gasteiger charge is -2.28. The van der Waals surface area contributed by atoms with Crippen molar-refractivity contribution in [3.63, 3.8) is 0 Å². The predicted octanol–water partition coefficient (Wildman–Crippen LogP) is 3.03. The van der Waals surface area contributed by atoms with Gasteiger partial charge in [0.25, 0.3) is 0 Å². The third-order valence-corrected chi connectivity index (χ3v) is 3.06. The highest BCUT2D eigenvalue weighted by Crippen LogP contribution is 2.30. The number of aliphatic hydroxyl groups is 1. The number of rotatable bonds is 1. The van der Waals surface area contributed by atoms with Crippen LogP contribution < -0.4 is 0 Å². The van der Waals surface area contributed by atoms with Crippen molar-refractivity contribution < 1.29 is 5.11 Å². The summed E-state index contributed by atoms with van der Waals surface area (Å²) in [5, 5.41) is 9.98. The van der Waals surface area contributed by atoms with E-state index in [4.69, 9.17) is 0 Å². The molecule has 2 unspecified atom stereocenters. The van der Waals surface area contributed by atoms with Gasteiger partial charge in [0.15, 0.2) is 0 Å². The van der Waals surface area contributed by atoms with E-state index in [1.54, 1.807) is 0 Å². The minimum Gasteiger partial charge on any atom is -0.385 e. The summed E-state index contributed by atoms with van der Waals surface area (Å²) in [4.78, 5) is 0. The first-order chi connectivity index (χ1) is 7.09. The molecule has 2 atom stereocenters. The van der Waals surface area contributed by atoms with Crippen LogP contribution in [0.4, 0.5) is 0 Å². The molecule has 1 aliphatic rings. The van der Waals surface area contributed by atoms with E-state index in [9.17, 15) is 5.11 Å². The summed E-state index contributed by atoms with van der Waals surface area (Å²) < 4.78 is 0. The third kappa shape index (κ3) is 2.02. The second-order valence-electron chi connectivity index (χ2n) is 4.34. The van der Waals surface area contributed by atoms with Crippen molar-refractivity contribution in [3.8, 4) is 0 Å². The molecule has 1 N–H and O–H groups in total. The molecule has 0 saturated heterocycles. The Bertz CT molecular complexity index is 399. The van der Waals surface area contributed by atoms with Crippen molar-refractivity contribution in [2.24, 2.45) is 5.92 Å². The second-order valence-corrected chi connectivity index (χ2v) is 4.34. The molecule has 0 heterocycles. The third-order valence-electron chi connectivity index (χ3n) is 3.06. The zero-order chi connectivity index (χ0) is 10.9. The zero-order valence-electron chi connectivity index (χ0n) is 9.14. The standard InChI is InChI=1S/C14H16O/c1-11-10-13(8-9-14(11,2)15)12-6-4-3-5-7-12/h3-11,15H,1-2H3. The van der Waals surface area contributed by atoms with Gasteiger partial charge in [-0.15, -0.1) is 0 Å². The van der Waals surface area contributed by atoms with Crippen LogP contribution in [0.25, 0.3) is 5.57 Å². The van der Waals surface area contributed by atoms with Crippen molar-refractivity contribution in [2.45, 2.75) is 19.4 Å². The number of benzene rings is 1.